The average Bonchev–Trinajstić information content (AvgIpc) is 2.34. The van der Waals surface area contributed by atoms with Gasteiger partial charge in [-0.2, -0.15) is 13.2 Å². The molecule has 0 radical (unpaired) electrons. The van der Waals surface area contributed by atoms with E-state index in [1.54, 1.807) is 0 Å². The Kier molecular flexibility index (Phi) is 5.62. The molecule has 0 unspecified atom stereocenters. The highest BCUT2D eigenvalue weighted by Crippen LogP contribution is 2.29. The minimum absolute atomic E-state index is 0.310. The number of anilines is 1. The minimum atomic E-state index is -4.37. The van der Waals surface area contributed by atoms with Crippen molar-refractivity contribution in [2.45, 2.75) is 19.0 Å². The summed E-state index contributed by atoms with van der Waals surface area (Å²) in [6.45, 7) is 1.03. The number of halogens is 3. The molecule has 0 atom stereocenters. The normalized spacial score (nSPS) is 11.2. The number of rotatable bonds is 5. The number of nitrogens with one attached hydrogen (secondary N) is 2. The number of benzene rings is 1. The van der Waals surface area contributed by atoms with Gasteiger partial charge in [-0.1, -0.05) is 0 Å². The molecule has 0 aliphatic carbocycles. The number of urea groups is 1. The summed E-state index contributed by atoms with van der Waals surface area (Å²) in [7, 11) is 0. The van der Waals surface area contributed by atoms with Crippen molar-refractivity contribution in [1.29, 1.82) is 0 Å². The monoisotopic (exact) mass is 275 g/mol. The summed E-state index contributed by atoms with van der Waals surface area (Å²) in [5, 5.41) is 5.03. The molecule has 7 heteroatoms. The summed E-state index contributed by atoms with van der Waals surface area (Å²) < 4.78 is 36.9. The summed E-state index contributed by atoms with van der Waals surface area (Å²) in [5.74, 6) is 0. The summed E-state index contributed by atoms with van der Waals surface area (Å²) in [4.78, 5) is 11.4. The first-order valence-electron chi connectivity index (χ1n) is 5.85. The molecule has 1 aromatic rings. The van der Waals surface area contributed by atoms with Gasteiger partial charge in [0.1, 0.15) is 0 Å². The Bertz CT molecular complexity index is 404. The first kappa shape index (κ1) is 15.3. The highest BCUT2D eigenvalue weighted by Gasteiger charge is 2.29. The van der Waals surface area contributed by atoms with E-state index in [1.165, 1.54) is 12.1 Å². The van der Waals surface area contributed by atoms with E-state index in [4.69, 9.17) is 5.73 Å². The predicted molar refractivity (Wildman–Crippen MR) is 66.8 cm³/mol. The fourth-order valence-electron chi connectivity index (χ4n) is 1.39. The number of alkyl halides is 3. The van der Waals surface area contributed by atoms with E-state index in [2.05, 4.69) is 10.6 Å². The van der Waals surface area contributed by atoms with E-state index in [-0.39, 0.29) is 0 Å². The van der Waals surface area contributed by atoms with Crippen molar-refractivity contribution in [3.63, 3.8) is 0 Å². The van der Waals surface area contributed by atoms with Gasteiger partial charge in [0.25, 0.3) is 0 Å². The van der Waals surface area contributed by atoms with E-state index in [9.17, 15) is 18.0 Å². The summed E-state index contributed by atoms with van der Waals surface area (Å²) in [6.07, 6.45) is -2.81. The molecule has 4 nitrogen and oxygen atoms in total. The Hall–Kier alpha value is -1.76. The topological polar surface area (TPSA) is 67.1 Å². The van der Waals surface area contributed by atoms with Gasteiger partial charge in [0.15, 0.2) is 0 Å². The molecular weight excluding hydrogens is 259 g/mol. The Morgan fingerprint density at radius 2 is 1.79 bits per heavy atom. The zero-order valence-corrected chi connectivity index (χ0v) is 10.3. The molecule has 0 bridgehead atoms. The van der Waals surface area contributed by atoms with Gasteiger partial charge in [-0.05, 0) is 43.7 Å². The highest BCUT2D eigenvalue weighted by atomic mass is 19.4. The molecule has 0 fully saturated rings. The molecule has 0 saturated heterocycles. The SMILES string of the molecule is NCCCCNC(=O)Nc1ccc(C(F)(F)F)cc1. The van der Waals surface area contributed by atoms with Gasteiger partial charge >= 0.3 is 12.2 Å². The fraction of sp³-hybridized carbons (Fsp3) is 0.417. The third-order valence-electron chi connectivity index (χ3n) is 2.39. The molecular formula is C12H16F3N3O. The lowest BCUT2D eigenvalue weighted by molar-refractivity contribution is -0.137. The van der Waals surface area contributed by atoms with Gasteiger partial charge < -0.3 is 16.4 Å². The maximum Gasteiger partial charge on any atom is 0.416 e. The van der Waals surface area contributed by atoms with Gasteiger partial charge in [-0.15, -0.1) is 0 Å². The lowest BCUT2D eigenvalue weighted by Gasteiger charge is -2.09. The zero-order valence-electron chi connectivity index (χ0n) is 10.3. The smallest absolute Gasteiger partial charge is 0.338 e. The van der Waals surface area contributed by atoms with Crippen molar-refractivity contribution < 1.29 is 18.0 Å². The van der Waals surface area contributed by atoms with Crippen molar-refractivity contribution in [3.05, 3.63) is 29.8 Å². The van der Waals surface area contributed by atoms with Crippen molar-refractivity contribution in [3.8, 4) is 0 Å². The van der Waals surface area contributed by atoms with E-state index in [0.29, 0.717) is 18.8 Å². The molecule has 0 aliphatic heterocycles. The van der Waals surface area contributed by atoms with Crippen LogP contribution in [0.5, 0.6) is 0 Å². The second-order valence-corrected chi connectivity index (χ2v) is 3.95. The molecule has 2 amide bonds. The van der Waals surface area contributed by atoms with Gasteiger partial charge in [0.2, 0.25) is 0 Å². The van der Waals surface area contributed by atoms with Crippen LogP contribution in [0.15, 0.2) is 24.3 Å². The predicted octanol–water partition coefficient (Wildman–Crippen LogP) is 2.57. The number of carbonyl (C=O) groups is 1. The maximum atomic E-state index is 12.3. The Morgan fingerprint density at radius 3 is 2.32 bits per heavy atom. The van der Waals surface area contributed by atoms with Crippen LogP contribution in [0.2, 0.25) is 0 Å². The van der Waals surface area contributed by atoms with Crippen LogP contribution in [-0.4, -0.2) is 19.1 Å². The third-order valence-corrected chi connectivity index (χ3v) is 2.39. The number of unbranched alkanes of at least 4 members (excludes halogenated alkanes) is 1. The van der Waals surface area contributed by atoms with Crippen LogP contribution in [0.4, 0.5) is 23.7 Å². The Labute approximate surface area is 109 Å². The second kappa shape index (κ2) is 6.98. The largest absolute Gasteiger partial charge is 0.416 e. The van der Waals surface area contributed by atoms with Crippen molar-refractivity contribution in [2.75, 3.05) is 18.4 Å². The van der Waals surface area contributed by atoms with Crippen molar-refractivity contribution >= 4 is 11.7 Å². The molecule has 0 aromatic heterocycles. The first-order chi connectivity index (χ1) is 8.93. The summed E-state index contributed by atoms with van der Waals surface area (Å²) in [6, 6.07) is 3.82. The van der Waals surface area contributed by atoms with Crippen LogP contribution in [0, 0.1) is 0 Å². The maximum absolute atomic E-state index is 12.3. The van der Waals surface area contributed by atoms with Crippen LogP contribution >= 0.6 is 0 Å². The first-order valence-corrected chi connectivity index (χ1v) is 5.85. The van der Waals surface area contributed by atoms with Crippen LogP contribution in [0.3, 0.4) is 0 Å². The molecule has 0 aliphatic rings. The molecule has 0 saturated carbocycles. The summed E-state index contributed by atoms with van der Waals surface area (Å²) >= 11 is 0. The quantitative estimate of drug-likeness (QED) is 0.723. The minimum Gasteiger partial charge on any atom is -0.338 e. The fourth-order valence-corrected chi connectivity index (χ4v) is 1.39. The van der Waals surface area contributed by atoms with Crippen LogP contribution in [0.25, 0.3) is 0 Å². The summed E-state index contributed by atoms with van der Waals surface area (Å²) in [5.41, 5.74) is 4.86. The van der Waals surface area contributed by atoms with Gasteiger partial charge in [0, 0.05) is 12.2 Å². The Morgan fingerprint density at radius 1 is 1.16 bits per heavy atom. The number of carbonyl (C=O) groups excluding carboxylic acids is 1. The van der Waals surface area contributed by atoms with Gasteiger partial charge in [-0.3, -0.25) is 0 Å². The molecule has 1 rings (SSSR count). The van der Waals surface area contributed by atoms with E-state index >= 15 is 0 Å². The molecule has 4 N–H and O–H groups in total. The third kappa shape index (κ3) is 5.60. The number of nitrogens with two attached hydrogens (primary N) is 1. The molecule has 1 aromatic carbocycles. The van der Waals surface area contributed by atoms with Crippen LogP contribution in [0.1, 0.15) is 18.4 Å². The standard InChI is InChI=1S/C12H16F3N3O/c13-12(14,15)9-3-5-10(6-4-9)18-11(19)17-8-2-1-7-16/h3-6H,1-2,7-8,16H2,(H2,17,18,19). The lowest BCUT2D eigenvalue weighted by Crippen LogP contribution is -2.29. The van der Waals surface area contributed by atoms with Crippen molar-refractivity contribution in [1.82, 2.24) is 5.32 Å². The second-order valence-electron chi connectivity index (χ2n) is 3.95. The van der Waals surface area contributed by atoms with E-state index < -0.39 is 17.8 Å². The van der Waals surface area contributed by atoms with E-state index in [1.807, 2.05) is 0 Å². The van der Waals surface area contributed by atoms with Crippen LogP contribution < -0.4 is 16.4 Å². The molecule has 0 heterocycles. The molecule has 106 valence electrons. The zero-order chi connectivity index (χ0) is 14.3. The lowest BCUT2D eigenvalue weighted by atomic mass is 10.2. The number of amides is 2. The van der Waals surface area contributed by atoms with Gasteiger partial charge in [0.05, 0.1) is 5.56 Å². The van der Waals surface area contributed by atoms with Crippen LogP contribution in [-0.2, 0) is 6.18 Å². The molecule has 19 heavy (non-hydrogen) atoms. The highest BCUT2D eigenvalue weighted by molar-refractivity contribution is 5.89. The average molecular weight is 275 g/mol. The van der Waals surface area contributed by atoms with Gasteiger partial charge in [-0.25, -0.2) is 4.79 Å². The number of hydrogen-bond donors (Lipinski definition) is 3. The van der Waals surface area contributed by atoms with Crippen molar-refractivity contribution in [2.24, 2.45) is 5.73 Å². The van der Waals surface area contributed by atoms with E-state index in [0.717, 1.165) is 25.0 Å². The Balaban J connectivity index is 2.43. The number of hydrogen-bond acceptors (Lipinski definition) is 2. The molecule has 0 spiro atoms.